The number of nitrogens with one attached hydrogen (secondary N) is 1. The number of piperidine rings is 1. The Labute approximate surface area is 175 Å². The van der Waals surface area contributed by atoms with E-state index in [0.717, 1.165) is 38.1 Å². The average molecular weight is 438 g/mol. The molecule has 4 rings (SSSR count). The fourth-order valence-corrected chi connectivity index (χ4v) is 3.84. The molecule has 0 unspecified atom stereocenters. The van der Waals surface area contributed by atoms with Crippen LogP contribution in [0.2, 0.25) is 5.02 Å². The minimum atomic E-state index is -4.44. The van der Waals surface area contributed by atoms with Crippen LogP contribution >= 0.6 is 11.6 Å². The number of rotatable bonds is 3. The van der Waals surface area contributed by atoms with Crippen molar-refractivity contribution < 1.29 is 18.0 Å². The van der Waals surface area contributed by atoms with E-state index < -0.39 is 17.6 Å². The molecular weight excluding hydrogens is 419 g/mol. The van der Waals surface area contributed by atoms with Crippen LogP contribution in [-0.4, -0.2) is 45.7 Å². The number of carbonyl (C=O) groups is 1. The summed E-state index contributed by atoms with van der Waals surface area (Å²) in [4.78, 5) is 19.3. The lowest BCUT2D eigenvalue weighted by atomic mass is 10.1. The zero-order valence-corrected chi connectivity index (χ0v) is 16.8. The van der Waals surface area contributed by atoms with Gasteiger partial charge >= 0.3 is 6.18 Å². The van der Waals surface area contributed by atoms with Crippen LogP contribution in [0.5, 0.6) is 0 Å². The van der Waals surface area contributed by atoms with Crippen molar-refractivity contribution in [3.63, 3.8) is 0 Å². The fourth-order valence-electron chi connectivity index (χ4n) is 3.57. The van der Waals surface area contributed by atoms with Gasteiger partial charge in [-0.15, -0.1) is 0 Å². The molecule has 3 heterocycles. The molecule has 10 heteroatoms. The number of hydrogen-bond acceptors (Lipinski definition) is 4. The number of alkyl halides is 3. The van der Waals surface area contributed by atoms with Crippen LogP contribution in [0.4, 0.5) is 18.9 Å². The van der Waals surface area contributed by atoms with Gasteiger partial charge in [0.2, 0.25) is 0 Å². The highest BCUT2D eigenvalue weighted by Crippen LogP contribution is 2.32. The number of halogens is 4. The van der Waals surface area contributed by atoms with Crippen LogP contribution in [0.15, 0.2) is 36.7 Å². The molecule has 1 fully saturated rings. The van der Waals surface area contributed by atoms with Crippen molar-refractivity contribution in [3.8, 4) is 0 Å². The summed E-state index contributed by atoms with van der Waals surface area (Å²) < 4.78 is 39.9. The Bertz CT molecular complexity index is 1070. The third-order valence-electron chi connectivity index (χ3n) is 5.31. The lowest BCUT2D eigenvalue weighted by Crippen LogP contribution is -2.31. The van der Waals surface area contributed by atoms with Gasteiger partial charge in [-0.25, -0.2) is 9.67 Å². The number of aromatic nitrogens is 3. The van der Waals surface area contributed by atoms with Crippen molar-refractivity contribution in [3.05, 3.63) is 52.8 Å². The maximum absolute atomic E-state index is 12.7. The summed E-state index contributed by atoms with van der Waals surface area (Å²) in [6, 6.07) is 4.42. The quantitative estimate of drug-likeness (QED) is 0.649. The first kappa shape index (κ1) is 20.6. The first-order valence-corrected chi connectivity index (χ1v) is 9.80. The molecule has 0 aliphatic carbocycles. The number of hydrogen-bond donors (Lipinski definition) is 1. The van der Waals surface area contributed by atoms with Crippen LogP contribution in [0.3, 0.4) is 0 Å². The molecule has 0 atom stereocenters. The highest BCUT2D eigenvalue weighted by atomic mass is 35.5. The van der Waals surface area contributed by atoms with E-state index in [-0.39, 0.29) is 22.3 Å². The lowest BCUT2D eigenvalue weighted by Gasteiger charge is -2.29. The summed E-state index contributed by atoms with van der Waals surface area (Å²) in [6.45, 7) is 1.93. The molecule has 6 nitrogen and oxygen atoms in total. The normalized spacial score (nSPS) is 16.2. The highest BCUT2D eigenvalue weighted by molar-refractivity contribution is 6.38. The van der Waals surface area contributed by atoms with Gasteiger partial charge in [0.15, 0.2) is 5.65 Å². The molecule has 0 spiro atoms. The Hall–Kier alpha value is -2.65. The van der Waals surface area contributed by atoms with Crippen molar-refractivity contribution in [1.82, 2.24) is 19.7 Å². The molecule has 30 heavy (non-hydrogen) atoms. The molecule has 0 bridgehead atoms. The Morgan fingerprint density at radius 2 is 1.83 bits per heavy atom. The van der Waals surface area contributed by atoms with Gasteiger partial charge in [0, 0.05) is 11.9 Å². The molecule has 1 aromatic carbocycles. The minimum Gasteiger partial charge on any atom is -0.322 e. The van der Waals surface area contributed by atoms with E-state index in [2.05, 4.69) is 27.3 Å². The van der Waals surface area contributed by atoms with Crippen LogP contribution < -0.4 is 5.32 Å². The van der Waals surface area contributed by atoms with Crippen molar-refractivity contribution in [2.24, 2.45) is 0 Å². The minimum absolute atomic E-state index is 0.131. The summed E-state index contributed by atoms with van der Waals surface area (Å²) in [7, 11) is 2.08. The van der Waals surface area contributed by atoms with Crippen molar-refractivity contribution in [2.75, 3.05) is 25.5 Å². The molecule has 158 valence electrons. The highest BCUT2D eigenvalue weighted by Gasteiger charge is 2.30. The van der Waals surface area contributed by atoms with Crippen LogP contribution in [0.1, 0.15) is 34.8 Å². The van der Waals surface area contributed by atoms with Crippen LogP contribution in [0.25, 0.3) is 11.0 Å². The zero-order valence-electron chi connectivity index (χ0n) is 16.1. The van der Waals surface area contributed by atoms with Gasteiger partial charge in [0.1, 0.15) is 0 Å². The van der Waals surface area contributed by atoms with Gasteiger partial charge in [-0.2, -0.15) is 18.3 Å². The fraction of sp³-hybridized carbons (Fsp3) is 0.350. The van der Waals surface area contributed by atoms with Crippen molar-refractivity contribution in [1.29, 1.82) is 0 Å². The lowest BCUT2D eigenvalue weighted by molar-refractivity contribution is -0.137. The standard InChI is InChI=1S/C20H19ClF3N5O/c1-28-8-6-14(7-9-28)29-18-15(11-26-29)17(21)16(10-25-18)19(30)27-13-4-2-12(3-5-13)20(22,23)24/h2-5,10-11,14H,6-9H2,1H3,(H,27,30). The first-order valence-electron chi connectivity index (χ1n) is 9.43. The van der Waals surface area contributed by atoms with Crippen LogP contribution in [-0.2, 0) is 6.18 Å². The molecule has 0 saturated carbocycles. The van der Waals surface area contributed by atoms with E-state index in [4.69, 9.17) is 11.6 Å². The van der Waals surface area contributed by atoms with Crippen LogP contribution in [0, 0.1) is 0 Å². The Morgan fingerprint density at radius 3 is 2.47 bits per heavy atom. The smallest absolute Gasteiger partial charge is 0.322 e. The molecule has 1 amide bonds. The largest absolute Gasteiger partial charge is 0.416 e. The van der Waals surface area contributed by atoms with Gasteiger partial charge in [0.05, 0.1) is 33.8 Å². The van der Waals surface area contributed by atoms with Gasteiger partial charge < -0.3 is 10.2 Å². The number of amides is 1. The number of likely N-dealkylation sites (tertiary alicyclic amines) is 1. The van der Waals surface area contributed by atoms with Crippen molar-refractivity contribution in [2.45, 2.75) is 25.1 Å². The topological polar surface area (TPSA) is 63.1 Å². The van der Waals surface area contributed by atoms with E-state index >= 15 is 0 Å². The summed E-state index contributed by atoms with van der Waals surface area (Å²) in [5.41, 5.74) is 0.182. The van der Waals surface area contributed by atoms with E-state index in [0.29, 0.717) is 11.0 Å². The third kappa shape index (κ3) is 3.99. The second kappa shape index (κ2) is 7.88. The van der Waals surface area contributed by atoms with Gasteiger partial charge in [-0.1, -0.05) is 11.6 Å². The molecule has 1 aliphatic rings. The van der Waals surface area contributed by atoms with Gasteiger partial charge in [0.25, 0.3) is 5.91 Å². The van der Waals surface area contributed by atoms with Gasteiger partial charge in [-0.05, 0) is 57.2 Å². The SMILES string of the molecule is CN1CCC(n2ncc3c(Cl)c(C(=O)Nc4ccc(C(F)(F)F)cc4)cnc32)CC1. The molecule has 3 aromatic rings. The second-order valence-corrected chi connectivity index (χ2v) is 7.75. The number of carbonyl (C=O) groups excluding carboxylic acids is 1. The van der Waals surface area contributed by atoms with E-state index in [9.17, 15) is 18.0 Å². The predicted octanol–water partition coefficient (Wildman–Crippen LogP) is 4.62. The van der Waals surface area contributed by atoms with E-state index in [1.165, 1.54) is 18.3 Å². The predicted molar refractivity (Wildman–Crippen MR) is 108 cm³/mol. The monoisotopic (exact) mass is 437 g/mol. The summed E-state index contributed by atoms with van der Waals surface area (Å²) in [6.07, 6.45) is 0.426. The Balaban J connectivity index is 1.56. The molecular formula is C20H19ClF3N5O. The summed E-state index contributed by atoms with van der Waals surface area (Å²) in [5.74, 6) is -0.554. The molecule has 2 aromatic heterocycles. The Morgan fingerprint density at radius 1 is 1.17 bits per heavy atom. The molecule has 1 saturated heterocycles. The first-order chi connectivity index (χ1) is 14.2. The summed E-state index contributed by atoms with van der Waals surface area (Å²) >= 11 is 6.45. The van der Waals surface area contributed by atoms with Gasteiger partial charge in [-0.3, -0.25) is 4.79 Å². The molecule has 1 N–H and O–H groups in total. The number of pyridine rings is 1. The number of fused-ring (bicyclic) bond motifs is 1. The number of nitrogens with zero attached hydrogens (tertiary/aromatic N) is 4. The number of anilines is 1. The van der Waals surface area contributed by atoms with Crippen molar-refractivity contribution >= 4 is 34.2 Å². The van der Waals surface area contributed by atoms with E-state index in [1.807, 2.05) is 4.68 Å². The van der Waals surface area contributed by atoms with E-state index in [1.54, 1.807) is 6.20 Å². The maximum atomic E-state index is 12.7. The second-order valence-electron chi connectivity index (χ2n) is 7.38. The zero-order chi connectivity index (χ0) is 21.5. The third-order valence-corrected chi connectivity index (χ3v) is 5.71. The number of benzene rings is 1. The average Bonchev–Trinajstić information content (AvgIpc) is 3.13. The maximum Gasteiger partial charge on any atom is 0.416 e. The summed E-state index contributed by atoms with van der Waals surface area (Å²) in [5, 5.41) is 7.77. The molecule has 0 radical (unpaired) electrons. The molecule has 1 aliphatic heterocycles. The Kier molecular flexibility index (Phi) is 5.42.